The van der Waals surface area contributed by atoms with Crippen molar-refractivity contribution in [3.8, 4) is 0 Å². The molecule has 212 valence electrons. The molecule has 5 aliphatic rings. The zero-order valence-electron chi connectivity index (χ0n) is 25.4. The summed E-state index contributed by atoms with van der Waals surface area (Å²) in [6.45, 7) is 18.6. The minimum absolute atomic E-state index is 0.00477. The van der Waals surface area contributed by atoms with Crippen molar-refractivity contribution in [3.63, 3.8) is 0 Å². The van der Waals surface area contributed by atoms with Crippen LogP contribution in [0.4, 0.5) is 0 Å². The second kappa shape index (κ2) is 8.77. The SMILES string of the molecule is CCOC(=O)CC[C@]12CCC(C)(C)CC1C1C(=O)C=C3[C@@]4(C)CCC(=O)C(C)(C)[C@@H]4CC[C@@]3(C)[C@]1(C)CC2. The first-order valence-corrected chi connectivity index (χ1v) is 15.5. The van der Waals surface area contributed by atoms with E-state index in [9.17, 15) is 14.4 Å². The van der Waals surface area contributed by atoms with Crippen molar-refractivity contribution in [1.82, 2.24) is 0 Å². The number of Topliss-reactive ketones (excluding diaryl/α,β-unsaturated/α-hetero) is 1. The third-order valence-electron chi connectivity index (χ3n) is 13.4. The lowest BCUT2D eigenvalue weighted by molar-refractivity contribution is -0.177. The predicted molar refractivity (Wildman–Crippen MR) is 150 cm³/mol. The van der Waals surface area contributed by atoms with E-state index in [4.69, 9.17) is 4.74 Å². The molecule has 0 amide bonds. The largest absolute Gasteiger partial charge is 0.466 e. The molecule has 0 aromatic carbocycles. The minimum atomic E-state index is -0.335. The molecule has 7 atom stereocenters. The lowest BCUT2D eigenvalue weighted by Crippen LogP contribution is -2.65. The summed E-state index contributed by atoms with van der Waals surface area (Å²) >= 11 is 0. The third kappa shape index (κ3) is 3.77. The number of esters is 1. The monoisotopic (exact) mass is 524 g/mol. The van der Waals surface area contributed by atoms with Crippen molar-refractivity contribution >= 4 is 17.5 Å². The highest BCUT2D eigenvalue weighted by molar-refractivity contribution is 5.96. The van der Waals surface area contributed by atoms with Gasteiger partial charge < -0.3 is 4.74 Å². The molecule has 0 aromatic rings. The molecule has 0 heterocycles. The number of fused-ring (bicyclic) bond motifs is 7. The van der Waals surface area contributed by atoms with Gasteiger partial charge in [0.1, 0.15) is 5.78 Å². The smallest absolute Gasteiger partial charge is 0.305 e. The van der Waals surface area contributed by atoms with Gasteiger partial charge in [-0.15, -0.1) is 0 Å². The Morgan fingerprint density at radius 2 is 1.63 bits per heavy atom. The lowest BCUT2D eigenvalue weighted by atomic mass is 9.33. The second-order valence-corrected chi connectivity index (χ2v) is 16.0. The van der Waals surface area contributed by atoms with Gasteiger partial charge in [0, 0.05) is 24.2 Å². The van der Waals surface area contributed by atoms with E-state index >= 15 is 0 Å². The van der Waals surface area contributed by atoms with E-state index in [1.54, 1.807) is 0 Å². The van der Waals surface area contributed by atoms with E-state index in [0.717, 1.165) is 57.8 Å². The van der Waals surface area contributed by atoms with Crippen LogP contribution in [0.5, 0.6) is 0 Å². The summed E-state index contributed by atoms with van der Waals surface area (Å²) in [4.78, 5) is 39.9. The first kappa shape index (κ1) is 28.1. The van der Waals surface area contributed by atoms with Crippen molar-refractivity contribution in [2.24, 2.45) is 50.2 Å². The van der Waals surface area contributed by atoms with Crippen LogP contribution < -0.4 is 0 Å². The highest BCUT2D eigenvalue weighted by Crippen LogP contribution is 2.75. The van der Waals surface area contributed by atoms with Crippen molar-refractivity contribution in [2.75, 3.05) is 6.61 Å². The fourth-order valence-electron chi connectivity index (χ4n) is 10.9. The van der Waals surface area contributed by atoms with Gasteiger partial charge in [0.2, 0.25) is 0 Å². The molecule has 4 fully saturated rings. The molecule has 0 aliphatic heterocycles. The maximum absolute atomic E-state index is 14.5. The van der Waals surface area contributed by atoms with Gasteiger partial charge >= 0.3 is 5.97 Å². The number of hydrogen-bond donors (Lipinski definition) is 0. The molecule has 4 heteroatoms. The van der Waals surface area contributed by atoms with Crippen LogP contribution in [0.2, 0.25) is 0 Å². The summed E-state index contributed by atoms with van der Waals surface area (Å²) in [5.41, 5.74) is 1.04. The molecule has 0 N–H and O–H groups in total. The average molecular weight is 525 g/mol. The van der Waals surface area contributed by atoms with Crippen LogP contribution in [0.3, 0.4) is 0 Å². The average Bonchev–Trinajstić information content (AvgIpc) is 2.82. The second-order valence-electron chi connectivity index (χ2n) is 16.0. The first-order chi connectivity index (χ1) is 17.6. The number of rotatable bonds is 4. The molecule has 5 rings (SSSR count). The van der Waals surface area contributed by atoms with Crippen LogP contribution >= 0.6 is 0 Å². The molecule has 0 spiro atoms. The number of ketones is 2. The number of hydrogen-bond acceptors (Lipinski definition) is 4. The molecule has 0 saturated heterocycles. The van der Waals surface area contributed by atoms with Gasteiger partial charge in [0.25, 0.3) is 0 Å². The zero-order chi connectivity index (χ0) is 27.9. The van der Waals surface area contributed by atoms with Crippen molar-refractivity contribution in [2.45, 2.75) is 126 Å². The maximum atomic E-state index is 14.5. The standard InChI is InChI=1S/C34H52O4/c1-9-38-27(37)12-15-34-18-16-29(2,3)21-22(34)28-23(35)20-25-31(6)13-11-26(36)30(4,5)24(31)10-14-32(25,7)33(28,8)17-19-34/h20,22,24,28H,9-19,21H2,1-8H3/t22?,24-,28?,31-,32+,33+,34+/m0/s1. The predicted octanol–water partition coefficient (Wildman–Crippen LogP) is 7.88. The highest BCUT2D eigenvalue weighted by atomic mass is 16.5. The molecular formula is C34H52O4. The molecule has 0 radical (unpaired) electrons. The summed E-state index contributed by atoms with van der Waals surface area (Å²) in [7, 11) is 0. The molecular weight excluding hydrogens is 472 g/mol. The van der Waals surface area contributed by atoms with Gasteiger partial charge in [0.05, 0.1) is 6.61 Å². The number of carbonyl (C=O) groups is 3. The normalized spacial score (nSPS) is 45.2. The van der Waals surface area contributed by atoms with Gasteiger partial charge in [-0.1, -0.05) is 54.0 Å². The van der Waals surface area contributed by atoms with Crippen LogP contribution in [0.1, 0.15) is 126 Å². The Morgan fingerprint density at radius 1 is 0.947 bits per heavy atom. The lowest BCUT2D eigenvalue weighted by Gasteiger charge is -2.70. The third-order valence-corrected chi connectivity index (χ3v) is 13.4. The quantitative estimate of drug-likeness (QED) is 0.351. The Hall–Kier alpha value is -1.45. The fourth-order valence-corrected chi connectivity index (χ4v) is 10.9. The molecule has 4 nitrogen and oxygen atoms in total. The van der Waals surface area contributed by atoms with E-state index in [1.807, 2.05) is 6.92 Å². The minimum Gasteiger partial charge on any atom is -0.466 e. The highest BCUT2D eigenvalue weighted by Gasteiger charge is 2.69. The fraction of sp³-hybridized carbons (Fsp3) is 0.853. The Balaban J connectivity index is 1.57. The molecule has 4 saturated carbocycles. The molecule has 2 unspecified atom stereocenters. The molecule has 0 aromatic heterocycles. The van der Waals surface area contributed by atoms with Gasteiger partial charge in [-0.2, -0.15) is 0 Å². The Labute approximate surface area is 231 Å². The van der Waals surface area contributed by atoms with Crippen LogP contribution in [0, 0.1) is 50.2 Å². The topological polar surface area (TPSA) is 60.4 Å². The number of ether oxygens (including phenoxy) is 1. The van der Waals surface area contributed by atoms with E-state index in [0.29, 0.717) is 42.9 Å². The Kier molecular flexibility index (Phi) is 6.49. The van der Waals surface area contributed by atoms with Crippen LogP contribution in [-0.2, 0) is 19.1 Å². The number of carbonyl (C=O) groups excluding carboxylic acids is 3. The summed E-state index contributed by atoms with van der Waals surface area (Å²) in [5.74, 6) is 1.23. The Bertz CT molecular complexity index is 1070. The summed E-state index contributed by atoms with van der Waals surface area (Å²) in [5, 5.41) is 0. The van der Waals surface area contributed by atoms with Crippen molar-refractivity contribution in [3.05, 3.63) is 11.6 Å². The maximum Gasteiger partial charge on any atom is 0.305 e. The van der Waals surface area contributed by atoms with Gasteiger partial charge in [-0.3, -0.25) is 14.4 Å². The van der Waals surface area contributed by atoms with E-state index in [1.165, 1.54) is 5.57 Å². The summed E-state index contributed by atoms with van der Waals surface area (Å²) < 4.78 is 5.33. The van der Waals surface area contributed by atoms with E-state index < -0.39 is 0 Å². The van der Waals surface area contributed by atoms with Gasteiger partial charge in [-0.05, 0) is 110 Å². The van der Waals surface area contributed by atoms with Gasteiger partial charge in [0.15, 0.2) is 5.78 Å². The zero-order valence-corrected chi connectivity index (χ0v) is 25.4. The summed E-state index contributed by atoms with van der Waals surface area (Å²) in [6, 6.07) is 0. The summed E-state index contributed by atoms with van der Waals surface area (Å²) in [6.07, 6.45) is 12.5. The first-order valence-electron chi connectivity index (χ1n) is 15.5. The number of allylic oxidation sites excluding steroid dienone is 2. The molecule has 0 bridgehead atoms. The van der Waals surface area contributed by atoms with Crippen molar-refractivity contribution < 1.29 is 19.1 Å². The van der Waals surface area contributed by atoms with Crippen LogP contribution in [-0.4, -0.2) is 24.1 Å². The van der Waals surface area contributed by atoms with E-state index in [-0.39, 0.29) is 44.4 Å². The van der Waals surface area contributed by atoms with Crippen LogP contribution in [0.15, 0.2) is 11.6 Å². The molecule has 5 aliphatic carbocycles. The molecule has 38 heavy (non-hydrogen) atoms. The van der Waals surface area contributed by atoms with Gasteiger partial charge in [-0.25, -0.2) is 0 Å². The van der Waals surface area contributed by atoms with Crippen LogP contribution in [0.25, 0.3) is 0 Å². The van der Waals surface area contributed by atoms with Crippen molar-refractivity contribution in [1.29, 1.82) is 0 Å². The van der Waals surface area contributed by atoms with E-state index in [2.05, 4.69) is 54.5 Å². The Morgan fingerprint density at radius 3 is 2.32 bits per heavy atom.